The summed E-state index contributed by atoms with van der Waals surface area (Å²) in [5, 5.41) is 2.98. The van der Waals surface area contributed by atoms with Crippen molar-refractivity contribution in [3.63, 3.8) is 0 Å². The molecule has 5 heteroatoms. The van der Waals surface area contributed by atoms with Gasteiger partial charge in [-0.15, -0.1) is 0 Å². The van der Waals surface area contributed by atoms with Crippen molar-refractivity contribution in [2.24, 2.45) is 0 Å². The lowest BCUT2D eigenvalue weighted by Crippen LogP contribution is -2.42. The molecule has 1 aliphatic heterocycles. The smallest absolute Gasteiger partial charge is 0.239 e. The molecule has 1 atom stereocenters. The first kappa shape index (κ1) is 17.5. The summed E-state index contributed by atoms with van der Waals surface area (Å²) in [5.74, 6) is 0.0212. The number of carbonyl (C=O) groups excluding carboxylic acids is 2. The van der Waals surface area contributed by atoms with Crippen LogP contribution in [0.1, 0.15) is 37.3 Å². The fourth-order valence-corrected chi connectivity index (χ4v) is 2.92. The van der Waals surface area contributed by atoms with Crippen LogP contribution in [0.15, 0.2) is 30.3 Å². The number of benzene rings is 1. The molecule has 0 aromatic heterocycles. The fourth-order valence-electron chi connectivity index (χ4n) is 2.92. The molecule has 1 aliphatic rings. The number of likely N-dealkylation sites (tertiary alicyclic amines) is 1. The van der Waals surface area contributed by atoms with E-state index >= 15 is 0 Å². The van der Waals surface area contributed by atoms with Gasteiger partial charge < -0.3 is 15.1 Å². The van der Waals surface area contributed by atoms with Crippen LogP contribution in [0.3, 0.4) is 0 Å². The highest BCUT2D eigenvalue weighted by Gasteiger charge is 2.20. The standard InChI is InChI=1S/C18H27N3O2/c1-20(2)16(15-9-5-3-6-10-15)13-19-17(22)14-21-12-8-4-7-11-18(21)23/h3,5-6,9-10,16H,4,7-8,11-14H2,1-2H3,(H,19,22)/t16-/m1/s1. The van der Waals surface area contributed by atoms with E-state index in [0.29, 0.717) is 19.5 Å². The van der Waals surface area contributed by atoms with Crippen molar-refractivity contribution in [2.45, 2.75) is 31.7 Å². The summed E-state index contributed by atoms with van der Waals surface area (Å²) in [5.41, 5.74) is 1.17. The van der Waals surface area contributed by atoms with Gasteiger partial charge in [0, 0.05) is 19.5 Å². The Hall–Kier alpha value is -1.88. The Labute approximate surface area is 138 Å². The summed E-state index contributed by atoms with van der Waals surface area (Å²) < 4.78 is 0. The van der Waals surface area contributed by atoms with Crippen molar-refractivity contribution in [2.75, 3.05) is 33.7 Å². The Morgan fingerprint density at radius 1 is 1.22 bits per heavy atom. The van der Waals surface area contributed by atoms with Crippen LogP contribution >= 0.6 is 0 Å². The molecule has 5 nitrogen and oxygen atoms in total. The monoisotopic (exact) mass is 317 g/mol. The van der Waals surface area contributed by atoms with Gasteiger partial charge in [-0.05, 0) is 32.5 Å². The zero-order valence-corrected chi connectivity index (χ0v) is 14.1. The third kappa shape index (κ3) is 5.36. The van der Waals surface area contributed by atoms with Crippen LogP contribution in [0, 0.1) is 0 Å². The second-order valence-corrected chi connectivity index (χ2v) is 6.32. The Morgan fingerprint density at radius 3 is 2.65 bits per heavy atom. The second kappa shape index (κ2) is 8.67. The number of likely N-dealkylation sites (N-methyl/N-ethyl adjacent to an activating group) is 1. The first-order valence-corrected chi connectivity index (χ1v) is 8.34. The number of rotatable bonds is 6. The Balaban J connectivity index is 1.87. The van der Waals surface area contributed by atoms with Gasteiger partial charge in [-0.3, -0.25) is 9.59 Å². The van der Waals surface area contributed by atoms with E-state index in [1.165, 1.54) is 5.56 Å². The highest BCUT2D eigenvalue weighted by Crippen LogP contribution is 2.16. The maximum Gasteiger partial charge on any atom is 0.239 e. The van der Waals surface area contributed by atoms with Crippen molar-refractivity contribution >= 4 is 11.8 Å². The minimum Gasteiger partial charge on any atom is -0.353 e. The molecule has 0 spiro atoms. The van der Waals surface area contributed by atoms with Gasteiger partial charge in [0.2, 0.25) is 11.8 Å². The van der Waals surface area contributed by atoms with E-state index in [9.17, 15) is 9.59 Å². The van der Waals surface area contributed by atoms with E-state index < -0.39 is 0 Å². The van der Waals surface area contributed by atoms with Crippen molar-refractivity contribution in [3.05, 3.63) is 35.9 Å². The van der Waals surface area contributed by atoms with Crippen LogP contribution in [-0.4, -0.2) is 55.3 Å². The zero-order chi connectivity index (χ0) is 16.7. The highest BCUT2D eigenvalue weighted by molar-refractivity contribution is 5.84. The van der Waals surface area contributed by atoms with Gasteiger partial charge in [0.15, 0.2) is 0 Å². The maximum absolute atomic E-state index is 12.2. The third-order valence-electron chi connectivity index (χ3n) is 4.31. The predicted octanol–water partition coefficient (Wildman–Crippen LogP) is 1.81. The average molecular weight is 317 g/mol. The number of amides is 2. The summed E-state index contributed by atoms with van der Waals surface area (Å²) in [6.07, 6.45) is 3.56. The topological polar surface area (TPSA) is 52.7 Å². The van der Waals surface area contributed by atoms with E-state index in [0.717, 1.165) is 19.3 Å². The molecule has 1 heterocycles. The number of nitrogens with zero attached hydrogens (tertiary/aromatic N) is 2. The van der Waals surface area contributed by atoms with Crippen LogP contribution in [-0.2, 0) is 9.59 Å². The molecule has 0 saturated carbocycles. The minimum atomic E-state index is -0.0805. The molecule has 1 N–H and O–H groups in total. The van der Waals surface area contributed by atoms with Crippen molar-refractivity contribution in [3.8, 4) is 0 Å². The molecule has 2 amide bonds. The lowest BCUT2D eigenvalue weighted by atomic mass is 10.1. The summed E-state index contributed by atoms with van der Waals surface area (Å²) in [6, 6.07) is 10.2. The molecule has 1 aromatic rings. The molecule has 1 fully saturated rings. The van der Waals surface area contributed by atoms with Crippen LogP contribution in [0.5, 0.6) is 0 Å². The van der Waals surface area contributed by atoms with Crippen LogP contribution in [0.25, 0.3) is 0 Å². The Morgan fingerprint density at radius 2 is 1.96 bits per heavy atom. The van der Waals surface area contributed by atoms with Crippen LogP contribution in [0.2, 0.25) is 0 Å². The number of hydrogen-bond donors (Lipinski definition) is 1. The van der Waals surface area contributed by atoms with Crippen molar-refractivity contribution in [1.82, 2.24) is 15.1 Å². The summed E-state index contributed by atoms with van der Waals surface area (Å²) >= 11 is 0. The lowest BCUT2D eigenvalue weighted by Gasteiger charge is -2.26. The van der Waals surface area contributed by atoms with Gasteiger partial charge in [-0.25, -0.2) is 0 Å². The van der Waals surface area contributed by atoms with E-state index in [1.807, 2.05) is 32.3 Å². The first-order valence-electron chi connectivity index (χ1n) is 8.34. The summed E-state index contributed by atoms with van der Waals surface area (Å²) in [7, 11) is 4.00. The number of hydrogen-bond acceptors (Lipinski definition) is 3. The normalized spacial score (nSPS) is 17.0. The number of nitrogens with one attached hydrogen (secondary N) is 1. The van der Waals surface area contributed by atoms with Gasteiger partial charge in [-0.1, -0.05) is 36.8 Å². The molecule has 2 rings (SSSR count). The Bertz CT molecular complexity index is 516. The summed E-state index contributed by atoms with van der Waals surface area (Å²) in [4.78, 5) is 27.9. The van der Waals surface area contributed by atoms with Gasteiger partial charge in [0.05, 0.1) is 12.6 Å². The quantitative estimate of drug-likeness (QED) is 0.870. The van der Waals surface area contributed by atoms with Gasteiger partial charge in [-0.2, -0.15) is 0 Å². The van der Waals surface area contributed by atoms with E-state index in [1.54, 1.807) is 4.90 Å². The molecular weight excluding hydrogens is 290 g/mol. The molecular formula is C18H27N3O2. The van der Waals surface area contributed by atoms with Crippen molar-refractivity contribution in [1.29, 1.82) is 0 Å². The molecule has 0 unspecified atom stereocenters. The summed E-state index contributed by atoms with van der Waals surface area (Å²) in [6.45, 7) is 1.41. The third-order valence-corrected chi connectivity index (χ3v) is 4.31. The van der Waals surface area contributed by atoms with Crippen LogP contribution in [0.4, 0.5) is 0 Å². The highest BCUT2D eigenvalue weighted by atomic mass is 16.2. The van der Waals surface area contributed by atoms with E-state index in [-0.39, 0.29) is 24.4 Å². The van der Waals surface area contributed by atoms with Crippen molar-refractivity contribution < 1.29 is 9.59 Å². The van der Waals surface area contributed by atoms with Gasteiger partial charge >= 0.3 is 0 Å². The molecule has 1 aromatic carbocycles. The van der Waals surface area contributed by atoms with E-state index in [4.69, 9.17) is 0 Å². The molecule has 1 saturated heterocycles. The van der Waals surface area contributed by atoms with Crippen LogP contribution < -0.4 is 5.32 Å². The molecule has 126 valence electrons. The molecule has 0 bridgehead atoms. The molecule has 0 aliphatic carbocycles. The zero-order valence-electron chi connectivity index (χ0n) is 14.1. The SMILES string of the molecule is CN(C)[C@H](CNC(=O)CN1CCCCCC1=O)c1ccccc1. The van der Waals surface area contributed by atoms with E-state index in [2.05, 4.69) is 22.3 Å². The molecule has 0 radical (unpaired) electrons. The second-order valence-electron chi connectivity index (χ2n) is 6.32. The van der Waals surface area contributed by atoms with Gasteiger partial charge in [0.25, 0.3) is 0 Å². The minimum absolute atomic E-state index is 0.0805. The van der Waals surface area contributed by atoms with Gasteiger partial charge in [0.1, 0.15) is 0 Å². The fraction of sp³-hybridized carbons (Fsp3) is 0.556. The predicted molar refractivity (Wildman–Crippen MR) is 90.9 cm³/mol. The maximum atomic E-state index is 12.2. The largest absolute Gasteiger partial charge is 0.353 e. The average Bonchev–Trinajstić information content (AvgIpc) is 2.73. The first-order chi connectivity index (χ1) is 11.1. The molecule has 23 heavy (non-hydrogen) atoms. The Kier molecular flexibility index (Phi) is 6.59. The number of carbonyl (C=O) groups is 2. The lowest BCUT2D eigenvalue weighted by molar-refractivity contribution is -0.135.